The topological polar surface area (TPSA) is 66.5 Å². The molecule has 5 nitrogen and oxygen atoms in total. The van der Waals surface area contributed by atoms with Crippen molar-refractivity contribution >= 4 is 23.4 Å². The molecule has 1 aliphatic heterocycles. The van der Waals surface area contributed by atoms with Crippen molar-refractivity contribution in [2.75, 3.05) is 5.32 Å². The van der Waals surface area contributed by atoms with Gasteiger partial charge in [0.05, 0.1) is 11.1 Å². The van der Waals surface area contributed by atoms with Crippen molar-refractivity contribution in [1.82, 2.24) is 4.90 Å². The highest BCUT2D eigenvalue weighted by Gasteiger charge is 2.42. The second-order valence-corrected chi connectivity index (χ2v) is 7.49. The van der Waals surface area contributed by atoms with E-state index in [4.69, 9.17) is 0 Å². The largest absolute Gasteiger partial charge is 0.324 e. The minimum absolute atomic E-state index is 0.239. The molecule has 1 atom stereocenters. The zero-order valence-electron chi connectivity index (χ0n) is 16.9. The molecule has 1 aliphatic rings. The molecule has 1 heterocycles. The van der Waals surface area contributed by atoms with Gasteiger partial charge >= 0.3 is 0 Å². The number of nitrogens with one attached hydrogen (secondary N) is 1. The molecular formula is C25H22N2O3. The van der Waals surface area contributed by atoms with Crippen LogP contribution >= 0.6 is 0 Å². The van der Waals surface area contributed by atoms with Gasteiger partial charge in [-0.05, 0) is 42.7 Å². The molecule has 0 aliphatic carbocycles. The standard InChI is InChI=1S/C25H22N2O3/c1-16-9-8-10-17(2)22(16)26-23(28)21(15-18-11-4-3-5-12-18)27-24(29)19-13-6-7-14-20(19)25(27)30/h3-14,21H,15H2,1-2H3,(H,26,28)/t21-/m0/s1. The number of amides is 3. The summed E-state index contributed by atoms with van der Waals surface area (Å²) in [6.45, 7) is 3.83. The van der Waals surface area contributed by atoms with Crippen LogP contribution in [0.4, 0.5) is 5.69 Å². The second kappa shape index (κ2) is 7.95. The first-order valence-electron chi connectivity index (χ1n) is 9.85. The molecule has 5 heteroatoms. The first-order chi connectivity index (χ1) is 14.5. The molecule has 4 rings (SSSR count). The molecule has 0 aromatic heterocycles. The van der Waals surface area contributed by atoms with Crippen molar-refractivity contribution in [1.29, 1.82) is 0 Å². The van der Waals surface area contributed by atoms with E-state index in [0.717, 1.165) is 21.6 Å². The van der Waals surface area contributed by atoms with Crippen LogP contribution in [0.1, 0.15) is 37.4 Å². The fraction of sp³-hybridized carbons (Fsp3) is 0.160. The van der Waals surface area contributed by atoms with Crippen molar-refractivity contribution in [3.05, 3.63) is 101 Å². The van der Waals surface area contributed by atoms with E-state index < -0.39 is 17.9 Å². The monoisotopic (exact) mass is 398 g/mol. The first-order valence-corrected chi connectivity index (χ1v) is 9.85. The van der Waals surface area contributed by atoms with E-state index in [9.17, 15) is 14.4 Å². The van der Waals surface area contributed by atoms with Crippen LogP contribution in [-0.2, 0) is 11.2 Å². The maximum atomic E-state index is 13.4. The fourth-order valence-corrected chi connectivity index (χ4v) is 3.85. The van der Waals surface area contributed by atoms with Crippen LogP contribution in [0.3, 0.4) is 0 Å². The van der Waals surface area contributed by atoms with Crippen LogP contribution in [-0.4, -0.2) is 28.7 Å². The molecule has 0 radical (unpaired) electrons. The predicted molar refractivity (Wildman–Crippen MR) is 115 cm³/mol. The maximum absolute atomic E-state index is 13.4. The highest BCUT2D eigenvalue weighted by atomic mass is 16.2. The number of carbonyl (C=O) groups is 3. The summed E-state index contributed by atoms with van der Waals surface area (Å²) >= 11 is 0. The van der Waals surface area contributed by atoms with Gasteiger partial charge in [-0.2, -0.15) is 0 Å². The number of anilines is 1. The van der Waals surface area contributed by atoms with Gasteiger partial charge in [-0.25, -0.2) is 0 Å². The van der Waals surface area contributed by atoms with Crippen molar-refractivity contribution in [2.24, 2.45) is 0 Å². The molecule has 0 spiro atoms. The summed E-state index contributed by atoms with van der Waals surface area (Å²) in [6.07, 6.45) is 0.239. The Kier molecular flexibility index (Phi) is 5.19. The Morgan fingerprint density at radius 1 is 0.800 bits per heavy atom. The number of para-hydroxylation sites is 1. The van der Waals surface area contributed by atoms with Crippen molar-refractivity contribution in [2.45, 2.75) is 26.3 Å². The zero-order valence-corrected chi connectivity index (χ0v) is 16.9. The Morgan fingerprint density at radius 2 is 1.33 bits per heavy atom. The first kappa shape index (κ1) is 19.6. The maximum Gasteiger partial charge on any atom is 0.262 e. The van der Waals surface area contributed by atoms with E-state index in [2.05, 4.69) is 5.32 Å². The number of fused-ring (bicyclic) bond motifs is 1. The lowest BCUT2D eigenvalue weighted by Crippen LogP contribution is -2.48. The van der Waals surface area contributed by atoms with Crippen LogP contribution in [0, 0.1) is 13.8 Å². The number of nitrogens with zero attached hydrogens (tertiary/aromatic N) is 1. The average molecular weight is 398 g/mol. The Balaban J connectivity index is 1.71. The number of carbonyl (C=O) groups excluding carboxylic acids is 3. The van der Waals surface area contributed by atoms with Crippen LogP contribution in [0.5, 0.6) is 0 Å². The van der Waals surface area contributed by atoms with Gasteiger partial charge in [0.2, 0.25) is 5.91 Å². The lowest BCUT2D eigenvalue weighted by molar-refractivity contribution is -0.119. The summed E-state index contributed by atoms with van der Waals surface area (Å²) in [5.74, 6) is -1.26. The minimum atomic E-state index is -0.959. The van der Waals surface area contributed by atoms with E-state index in [1.54, 1.807) is 24.3 Å². The van der Waals surface area contributed by atoms with Crippen molar-refractivity contribution < 1.29 is 14.4 Å². The number of aryl methyl sites for hydroxylation is 2. The molecule has 0 fully saturated rings. The molecule has 0 bridgehead atoms. The molecule has 3 amide bonds. The van der Waals surface area contributed by atoms with Crippen LogP contribution in [0.25, 0.3) is 0 Å². The molecule has 30 heavy (non-hydrogen) atoms. The molecule has 3 aromatic rings. The Morgan fingerprint density at radius 3 is 1.90 bits per heavy atom. The SMILES string of the molecule is Cc1cccc(C)c1NC(=O)[C@H](Cc1ccccc1)N1C(=O)c2ccccc2C1=O. The van der Waals surface area contributed by atoms with Gasteiger partial charge in [-0.15, -0.1) is 0 Å². The Labute approximate surface area is 175 Å². The fourth-order valence-electron chi connectivity index (χ4n) is 3.85. The van der Waals surface area contributed by atoms with Gasteiger partial charge in [-0.1, -0.05) is 60.7 Å². The third-order valence-corrected chi connectivity index (χ3v) is 5.44. The quantitative estimate of drug-likeness (QED) is 0.657. The van der Waals surface area contributed by atoms with Crippen LogP contribution in [0.2, 0.25) is 0 Å². The molecule has 0 unspecified atom stereocenters. The number of rotatable bonds is 5. The number of benzene rings is 3. The normalized spacial score (nSPS) is 13.9. The average Bonchev–Trinajstić information content (AvgIpc) is 3.00. The summed E-state index contributed by atoms with van der Waals surface area (Å²) in [4.78, 5) is 40.6. The summed E-state index contributed by atoms with van der Waals surface area (Å²) in [7, 11) is 0. The summed E-state index contributed by atoms with van der Waals surface area (Å²) in [5.41, 5.74) is 4.09. The summed E-state index contributed by atoms with van der Waals surface area (Å²) in [5, 5.41) is 2.96. The van der Waals surface area contributed by atoms with E-state index in [-0.39, 0.29) is 12.3 Å². The molecule has 150 valence electrons. The number of imide groups is 1. The minimum Gasteiger partial charge on any atom is -0.324 e. The Hall–Kier alpha value is -3.73. The third-order valence-electron chi connectivity index (χ3n) is 5.44. The van der Waals surface area contributed by atoms with Crippen molar-refractivity contribution in [3.8, 4) is 0 Å². The zero-order chi connectivity index (χ0) is 21.3. The van der Waals surface area contributed by atoms with E-state index in [0.29, 0.717) is 16.8 Å². The molecule has 1 N–H and O–H groups in total. The van der Waals surface area contributed by atoms with Gasteiger partial charge in [-0.3, -0.25) is 19.3 Å². The van der Waals surface area contributed by atoms with E-state index in [1.165, 1.54) is 0 Å². The van der Waals surface area contributed by atoms with Crippen molar-refractivity contribution in [3.63, 3.8) is 0 Å². The smallest absolute Gasteiger partial charge is 0.262 e. The third kappa shape index (κ3) is 3.50. The van der Waals surface area contributed by atoms with Gasteiger partial charge < -0.3 is 5.32 Å². The highest BCUT2D eigenvalue weighted by Crippen LogP contribution is 2.27. The lowest BCUT2D eigenvalue weighted by atomic mass is 10.0. The molecule has 3 aromatic carbocycles. The van der Waals surface area contributed by atoms with Gasteiger partial charge in [0, 0.05) is 12.1 Å². The highest BCUT2D eigenvalue weighted by molar-refractivity contribution is 6.23. The Bertz CT molecular complexity index is 1080. The second-order valence-electron chi connectivity index (χ2n) is 7.49. The van der Waals surface area contributed by atoms with Gasteiger partial charge in [0.25, 0.3) is 11.8 Å². The van der Waals surface area contributed by atoms with Crippen LogP contribution < -0.4 is 5.32 Å². The van der Waals surface area contributed by atoms with Gasteiger partial charge in [0.15, 0.2) is 0 Å². The number of hydrogen-bond acceptors (Lipinski definition) is 3. The van der Waals surface area contributed by atoms with E-state index in [1.807, 2.05) is 62.4 Å². The number of hydrogen-bond donors (Lipinski definition) is 1. The van der Waals surface area contributed by atoms with Gasteiger partial charge in [0.1, 0.15) is 6.04 Å². The summed E-state index contributed by atoms with van der Waals surface area (Å²) in [6, 6.07) is 20.9. The lowest BCUT2D eigenvalue weighted by Gasteiger charge is -2.26. The predicted octanol–water partition coefficient (Wildman–Crippen LogP) is 4.15. The van der Waals surface area contributed by atoms with E-state index >= 15 is 0 Å². The molecule has 0 saturated carbocycles. The molecule has 0 saturated heterocycles. The molecular weight excluding hydrogens is 376 g/mol. The summed E-state index contributed by atoms with van der Waals surface area (Å²) < 4.78 is 0. The van der Waals surface area contributed by atoms with Crippen LogP contribution in [0.15, 0.2) is 72.8 Å².